The summed E-state index contributed by atoms with van der Waals surface area (Å²) in [5.74, 6) is 0.758. The molecule has 10 nitrogen and oxygen atoms in total. The maximum atomic E-state index is 12.6. The highest BCUT2D eigenvalue weighted by Gasteiger charge is 2.12. The smallest absolute Gasteiger partial charge is 0.349 e. The van der Waals surface area contributed by atoms with Crippen molar-refractivity contribution in [1.82, 2.24) is 9.66 Å². The van der Waals surface area contributed by atoms with Gasteiger partial charge in [-0.2, -0.15) is 5.10 Å². The van der Waals surface area contributed by atoms with Gasteiger partial charge in [-0.15, -0.1) is 4.68 Å². The van der Waals surface area contributed by atoms with Crippen LogP contribution in [0.1, 0.15) is 11.1 Å². The molecule has 34 heavy (non-hydrogen) atoms. The second-order valence-corrected chi connectivity index (χ2v) is 7.93. The van der Waals surface area contributed by atoms with Crippen molar-refractivity contribution >= 4 is 38.7 Å². The van der Waals surface area contributed by atoms with Gasteiger partial charge in [0, 0.05) is 22.2 Å². The van der Waals surface area contributed by atoms with E-state index < -0.39 is 16.2 Å². The van der Waals surface area contributed by atoms with Crippen LogP contribution in [0.3, 0.4) is 0 Å². The number of nitro groups is 1. The van der Waals surface area contributed by atoms with Crippen molar-refractivity contribution in [3.05, 3.63) is 107 Å². The number of aromatic nitrogens is 2. The number of para-hydroxylation sites is 1. The van der Waals surface area contributed by atoms with Crippen LogP contribution in [0.2, 0.25) is 0 Å². The lowest BCUT2D eigenvalue weighted by Crippen LogP contribution is -2.32. The molecule has 0 atom stereocenters. The van der Waals surface area contributed by atoms with Gasteiger partial charge in [0.1, 0.15) is 6.61 Å². The van der Waals surface area contributed by atoms with Crippen molar-refractivity contribution in [3.8, 4) is 11.5 Å². The van der Waals surface area contributed by atoms with E-state index in [2.05, 4.69) is 26.0 Å². The lowest BCUT2D eigenvalue weighted by Gasteiger charge is -2.13. The normalized spacial score (nSPS) is 11.1. The Morgan fingerprint density at radius 3 is 2.68 bits per heavy atom. The van der Waals surface area contributed by atoms with E-state index in [1.807, 2.05) is 0 Å². The van der Waals surface area contributed by atoms with Gasteiger partial charge in [0.25, 0.3) is 11.2 Å². The predicted molar refractivity (Wildman–Crippen MR) is 130 cm³/mol. The molecule has 172 valence electrons. The number of hydrogen-bond donors (Lipinski definition) is 1. The Hall–Kier alpha value is -4.25. The van der Waals surface area contributed by atoms with E-state index in [1.54, 1.807) is 48.5 Å². The molecule has 1 aromatic heterocycles. The summed E-state index contributed by atoms with van der Waals surface area (Å²) in [5, 5.41) is 15.4. The summed E-state index contributed by atoms with van der Waals surface area (Å²) in [4.78, 5) is 38.1. The first-order chi connectivity index (χ1) is 16.4. The molecule has 11 heteroatoms. The second kappa shape index (κ2) is 9.71. The number of hydrogen-bond acceptors (Lipinski definition) is 7. The minimum atomic E-state index is -0.667. The Labute approximate surface area is 200 Å². The molecular weight excluding hydrogens is 508 g/mol. The van der Waals surface area contributed by atoms with Crippen molar-refractivity contribution in [3.63, 3.8) is 0 Å². The molecule has 0 spiro atoms. The molecule has 0 saturated carbocycles. The number of nitrogens with one attached hydrogen (secondary N) is 1. The molecule has 0 aliphatic heterocycles. The SMILES string of the molecule is COc1cc(C=Nn2c(=O)[nH]c3ccccc3c2=O)c(Br)cc1OCc1cccc([N+](=O)[O-])c1. The highest BCUT2D eigenvalue weighted by Crippen LogP contribution is 2.33. The number of H-pyrrole nitrogens is 1. The van der Waals surface area contributed by atoms with Crippen molar-refractivity contribution in [2.75, 3.05) is 7.11 Å². The van der Waals surface area contributed by atoms with Gasteiger partial charge in [0.2, 0.25) is 0 Å². The highest BCUT2D eigenvalue weighted by molar-refractivity contribution is 9.10. The molecule has 3 aromatic carbocycles. The van der Waals surface area contributed by atoms with E-state index in [1.165, 1.54) is 25.5 Å². The molecule has 0 amide bonds. The van der Waals surface area contributed by atoms with Crippen LogP contribution >= 0.6 is 15.9 Å². The van der Waals surface area contributed by atoms with E-state index in [0.29, 0.717) is 38.0 Å². The van der Waals surface area contributed by atoms with E-state index in [0.717, 1.165) is 4.68 Å². The Kier molecular flexibility index (Phi) is 6.55. The van der Waals surface area contributed by atoms with Gasteiger partial charge in [-0.05, 0) is 45.8 Å². The third-order valence-corrected chi connectivity index (χ3v) is 5.58. The molecule has 0 aliphatic carbocycles. The van der Waals surface area contributed by atoms with E-state index in [4.69, 9.17) is 9.47 Å². The highest BCUT2D eigenvalue weighted by atomic mass is 79.9. The van der Waals surface area contributed by atoms with Gasteiger partial charge in [-0.25, -0.2) is 4.79 Å². The summed E-state index contributed by atoms with van der Waals surface area (Å²) in [5.41, 5.74) is 0.333. The minimum absolute atomic E-state index is 0.0280. The fraction of sp³-hybridized carbons (Fsp3) is 0.0870. The molecular formula is C23H17BrN4O6. The fourth-order valence-corrected chi connectivity index (χ4v) is 3.65. The Balaban J connectivity index is 1.61. The number of nitro benzene ring substituents is 1. The second-order valence-electron chi connectivity index (χ2n) is 7.08. The zero-order chi connectivity index (χ0) is 24.2. The number of halogens is 1. The molecule has 1 heterocycles. The Morgan fingerprint density at radius 2 is 1.91 bits per heavy atom. The van der Waals surface area contributed by atoms with E-state index in [9.17, 15) is 19.7 Å². The summed E-state index contributed by atoms with van der Waals surface area (Å²) in [6.07, 6.45) is 1.35. The van der Waals surface area contributed by atoms with Crippen molar-refractivity contribution < 1.29 is 14.4 Å². The number of ether oxygens (including phenoxy) is 2. The van der Waals surface area contributed by atoms with Crippen LogP contribution in [0.25, 0.3) is 10.9 Å². The fourth-order valence-electron chi connectivity index (χ4n) is 3.22. The summed E-state index contributed by atoms with van der Waals surface area (Å²) in [6.45, 7) is 0.0831. The number of fused-ring (bicyclic) bond motifs is 1. The molecule has 0 radical (unpaired) electrons. The molecule has 4 rings (SSSR count). The number of non-ortho nitro benzene ring substituents is 1. The quantitative estimate of drug-likeness (QED) is 0.222. The van der Waals surface area contributed by atoms with Gasteiger partial charge in [0.05, 0.1) is 29.2 Å². The van der Waals surface area contributed by atoms with Gasteiger partial charge in [-0.1, -0.05) is 24.3 Å². The summed E-state index contributed by atoms with van der Waals surface area (Å²) in [6, 6.07) is 16.1. The third kappa shape index (κ3) is 4.74. The van der Waals surface area contributed by atoms with Crippen LogP contribution in [0.4, 0.5) is 5.69 Å². The zero-order valence-corrected chi connectivity index (χ0v) is 19.3. The maximum Gasteiger partial charge on any atom is 0.349 e. The van der Waals surface area contributed by atoms with Crippen LogP contribution in [-0.4, -0.2) is 27.9 Å². The molecule has 0 fully saturated rings. The number of rotatable bonds is 7. The lowest BCUT2D eigenvalue weighted by molar-refractivity contribution is -0.384. The monoisotopic (exact) mass is 524 g/mol. The lowest BCUT2D eigenvalue weighted by atomic mass is 10.2. The summed E-state index contributed by atoms with van der Waals surface area (Å²) >= 11 is 3.43. The molecule has 4 aromatic rings. The zero-order valence-electron chi connectivity index (χ0n) is 17.7. The van der Waals surface area contributed by atoms with Crippen LogP contribution in [0, 0.1) is 10.1 Å². The predicted octanol–water partition coefficient (Wildman–Crippen LogP) is 3.83. The summed E-state index contributed by atoms with van der Waals surface area (Å²) < 4.78 is 12.5. The first-order valence-electron chi connectivity index (χ1n) is 9.89. The van der Waals surface area contributed by atoms with Gasteiger partial charge >= 0.3 is 5.69 Å². The Bertz CT molecular complexity index is 1540. The summed E-state index contributed by atoms with van der Waals surface area (Å²) in [7, 11) is 1.46. The van der Waals surface area contributed by atoms with Gasteiger partial charge < -0.3 is 14.5 Å². The number of nitrogens with zero attached hydrogens (tertiary/aromatic N) is 3. The first kappa shape index (κ1) is 22.9. The van der Waals surface area contributed by atoms with Crippen molar-refractivity contribution in [2.45, 2.75) is 6.61 Å². The third-order valence-electron chi connectivity index (χ3n) is 4.89. The average molecular weight is 525 g/mol. The van der Waals surface area contributed by atoms with Crippen LogP contribution in [-0.2, 0) is 6.61 Å². The van der Waals surface area contributed by atoms with Crippen LogP contribution < -0.4 is 20.7 Å². The van der Waals surface area contributed by atoms with E-state index >= 15 is 0 Å². The van der Waals surface area contributed by atoms with Crippen molar-refractivity contribution in [1.29, 1.82) is 0 Å². The average Bonchev–Trinajstić information content (AvgIpc) is 2.83. The molecule has 0 bridgehead atoms. The van der Waals surface area contributed by atoms with Gasteiger partial charge in [-0.3, -0.25) is 14.9 Å². The molecule has 0 saturated heterocycles. The minimum Gasteiger partial charge on any atom is -0.493 e. The standard InChI is InChI=1S/C23H17BrN4O6/c1-33-20-10-15(12-25-27-22(29)17-7-2-3-8-19(17)26-23(27)30)18(24)11-21(20)34-13-14-5-4-6-16(9-14)28(31)32/h2-12H,13H2,1H3,(H,26,30). The first-order valence-corrected chi connectivity index (χ1v) is 10.7. The van der Waals surface area contributed by atoms with Crippen LogP contribution in [0.5, 0.6) is 11.5 Å². The number of benzene rings is 3. The maximum absolute atomic E-state index is 12.6. The topological polar surface area (TPSA) is 129 Å². The molecule has 0 unspecified atom stereocenters. The van der Waals surface area contributed by atoms with E-state index in [-0.39, 0.29) is 12.3 Å². The van der Waals surface area contributed by atoms with Gasteiger partial charge in [0.15, 0.2) is 11.5 Å². The number of aromatic amines is 1. The molecule has 0 aliphatic rings. The van der Waals surface area contributed by atoms with Crippen LogP contribution in [0.15, 0.2) is 79.8 Å². The largest absolute Gasteiger partial charge is 0.493 e. The Morgan fingerprint density at radius 1 is 1.12 bits per heavy atom. The molecule has 1 N–H and O–H groups in total. The number of methoxy groups -OCH3 is 1. The van der Waals surface area contributed by atoms with Crippen molar-refractivity contribution in [2.24, 2.45) is 5.10 Å².